The molecule has 0 aromatic carbocycles. The topological polar surface area (TPSA) is 79.4 Å². The molecule has 2 N–H and O–H groups in total. The van der Waals surface area contributed by atoms with Crippen LogP contribution < -0.4 is 5.32 Å². The van der Waals surface area contributed by atoms with E-state index >= 15 is 0 Å². The number of rotatable bonds is 6. The fraction of sp³-hybridized carbons (Fsp3) is 0.400. The Hall–Kier alpha value is -1.47. The average molecular weight is 250 g/mol. The molecule has 0 aliphatic rings. The van der Waals surface area contributed by atoms with Crippen LogP contribution in [0.25, 0.3) is 0 Å². The van der Waals surface area contributed by atoms with Crippen molar-refractivity contribution in [3.63, 3.8) is 0 Å². The molecule has 2 rings (SSSR count). The summed E-state index contributed by atoms with van der Waals surface area (Å²) in [5, 5.41) is 11.2. The van der Waals surface area contributed by atoms with E-state index in [9.17, 15) is 0 Å². The van der Waals surface area contributed by atoms with Gasteiger partial charge in [0.05, 0.1) is 0 Å². The molecular formula is C10H14N6S. The van der Waals surface area contributed by atoms with Gasteiger partial charge in [0.2, 0.25) is 0 Å². The van der Waals surface area contributed by atoms with Gasteiger partial charge < -0.3 is 5.32 Å². The Morgan fingerprint density at radius 3 is 2.76 bits per heavy atom. The lowest BCUT2D eigenvalue weighted by Gasteiger charge is -2.02. The number of H-pyrrole nitrogens is 1. The van der Waals surface area contributed by atoms with Crippen LogP contribution in [0.15, 0.2) is 29.0 Å². The van der Waals surface area contributed by atoms with Gasteiger partial charge in [-0.25, -0.2) is 15.0 Å². The van der Waals surface area contributed by atoms with Crippen molar-refractivity contribution in [2.24, 2.45) is 0 Å². The van der Waals surface area contributed by atoms with Gasteiger partial charge in [-0.2, -0.15) is 5.10 Å². The first-order chi connectivity index (χ1) is 8.38. The molecule has 7 heteroatoms. The first kappa shape index (κ1) is 12.0. The Morgan fingerprint density at radius 1 is 1.29 bits per heavy atom. The summed E-state index contributed by atoms with van der Waals surface area (Å²) >= 11 is 1.36. The maximum absolute atomic E-state index is 4.26. The number of hydrogen-bond acceptors (Lipinski definition) is 6. The Kier molecular flexibility index (Phi) is 4.45. The summed E-state index contributed by atoms with van der Waals surface area (Å²) in [6.07, 6.45) is 6.24. The molecular weight excluding hydrogens is 236 g/mol. The number of nitrogens with one attached hydrogen (secondary N) is 2. The van der Waals surface area contributed by atoms with Gasteiger partial charge in [0, 0.05) is 24.5 Å². The lowest BCUT2D eigenvalue weighted by Crippen LogP contribution is -2.14. The molecule has 0 radical (unpaired) electrons. The van der Waals surface area contributed by atoms with Gasteiger partial charge in [-0.1, -0.05) is 6.92 Å². The minimum Gasteiger partial charge on any atom is -0.313 e. The fourth-order valence-corrected chi connectivity index (χ4v) is 1.81. The molecule has 0 aliphatic heterocycles. The molecule has 2 aromatic rings. The highest BCUT2D eigenvalue weighted by Gasteiger charge is 2.02. The first-order valence-corrected chi connectivity index (χ1v) is 6.25. The van der Waals surface area contributed by atoms with Gasteiger partial charge >= 0.3 is 0 Å². The van der Waals surface area contributed by atoms with Gasteiger partial charge in [0.25, 0.3) is 0 Å². The molecule has 0 atom stereocenters. The molecule has 0 aliphatic carbocycles. The average Bonchev–Trinajstić information content (AvgIpc) is 2.85. The van der Waals surface area contributed by atoms with Crippen LogP contribution in [0.3, 0.4) is 0 Å². The Labute approximate surface area is 104 Å². The molecule has 0 bridgehead atoms. The van der Waals surface area contributed by atoms with Crippen molar-refractivity contribution in [2.45, 2.75) is 30.2 Å². The maximum Gasteiger partial charge on any atom is 0.195 e. The highest BCUT2D eigenvalue weighted by atomic mass is 32.2. The first-order valence-electron chi connectivity index (χ1n) is 5.43. The largest absolute Gasteiger partial charge is 0.313 e. The molecule has 0 amide bonds. The van der Waals surface area contributed by atoms with E-state index in [1.54, 1.807) is 0 Å². The second-order valence-electron chi connectivity index (χ2n) is 3.44. The zero-order chi connectivity index (χ0) is 11.9. The van der Waals surface area contributed by atoms with Crippen LogP contribution in [0.1, 0.15) is 18.9 Å². The number of nitrogens with zero attached hydrogens (tertiary/aromatic N) is 4. The SMILES string of the molecule is CCCNCc1cnc(Sc2ncn[nH]2)nc1. The molecule has 0 fully saturated rings. The van der Waals surface area contributed by atoms with Crippen LogP contribution in [0.4, 0.5) is 0 Å². The molecule has 6 nitrogen and oxygen atoms in total. The van der Waals surface area contributed by atoms with Crippen molar-refractivity contribution < 1.29 is 0 Å². The van der Waals surface area contributed by atoms with Gasteiger partial charge in [-0.15, -0.1) is 0 Å². The third-order valence-corrected chi connectivity index (χ3v) is 2.80. The highest BCUT2D eigenvalue weighted by Crippen LogP contribution is 2.18. The van der Waals surface area contributed by atoms with Crippen LogP contribution >= 0.6 is 11.8 Å². The van der Waals surface area contributed by atoms with Gasteiger partial charge in [0.15, 0.2) is 10.3 Å². The minimum absolute atomic E-state index is 0.668. The predicted octanol–water partition coefficient (Wildman–Crippen LogP) is 1.25. The highest BCUT2D eigenvalue weighted by molar-refractivity contribution is 7.99. The summed E-state index contributed by atoms with van der Waals surface area (Å²) in [7, 11) is 0. The van der Waals surface area contributed by atoms with E-state index < -0.39 is 0 Å². The molecule has 0 saturated heterocycles. The van der Waals surface area contributed by atoms with Crippen molar-refractivity contribution in [1.29, 1.82) is 0 Å². The molecule has 2 heterocycles. The van der Waals surface area contributed by atoms with E-state index in [1.165, 1.54) is 18.1 Å². The van der Waals surface area contributed by atoms with Crippen LogP contribution in [-0.2, 0) is 6.54 Å². The summed E-state index contributed by atoms with van der Waals surface area (Å²) < 4.78 is 0. The van der Waals surface area contributed by atoms with E-state index in [0.717, 1.165) is 25.1 Å². The predicted molar refractivity (Wildman–Crippen MR) is 64.5 cm³/mol. The van der Waals surface area contributed by atoms with Gasteiger partial charge in [-0.05, 0) is 24.7 Å². The lowest BCUT2D eigenvalue weighted by atomic mass is 10.3. The molecule has 2 aromatic heterocycles. The standard InChI is InChI=1S/C10H14N6S/c1-2-3-11-4-8-5-12-9(13-6-8)17-10-14-7-15-16-10/h5-7,11H,2-4H2,1H3,(H,14,15,16). The normalized spacial score (nSPS) is 10.6. The minimum atomic E-state index is 0.668. The molecule has 90 valence electrons. The summed E-state index contributed by atoms with van der Waals surface area (Å²) in [5.41, 5.74) is 1.08. The summed E-state index contributed by atoms with van der Waals surface area (Å²) in [6.45, 7) is 3.95. The molecule has 0 spiro atoms. The summed E-state index contributed by atoms with van der Waals surface area (Å²) in [5.74, 6) is 0. The van der Waals surface area contributed by atoms with Crippen molar-refractivity contribution in [3.8, 4) is 0 Å². The number of aromatic amines is 1. The second-order valence-corrected chi connectivity index (χ2v) is 4.40. The van der Waals surface area contributed by atoms with Crippen LogP contribution in [0.5, 0.6) is 0 Å². The monoisotopic (exact) mass is 250 g/mol. The van der Waals surface area contributed by atoms with E-state index in [2.05, 4.69) is 37.4 Å². The zero-order valence-electron chi connectivity index (χ0n) is 9.55. The Bertz CT molecular complexity index is 427. The van der Waals surface area contributed by atoms with Gasteiger partial charge in [0.1, 0.15) is 6.33 Å². The smallest absolute Gasteiger partial charge is 0.195 e. The van der Waals surface area contributed by atoms with E-state index in [-0.39, 0.29) is 0 Å². The van der Waals surface area contributed by atoms with Crippen molar-refractivity contribution in [3.05, 3.63) is 24.3 Å². The third-order valence-electron chi connectivity index (χ3n) is 2.02. The maximum atomic E-state index is 4.26. The van der Waals surface area contributed by atoms with E-state index in [0.29, 0.717) is 10.3 Å². The van der Waals surface area contributed by atoms with Crippen LogP contribution in [0, 0.1) is 0 Å². The van der Waals surface area contributed by atoms with Crippen molar-refractivity contribution in [2.75, 3.05) is 6.54 Å². The summed E-state index contributed by atoms with van der Waals surface area (Å²) in [4.78, 5) is 12.5. The van der Waals surface area contributed by atoms with Gasteiger partial charge in [-0.3, -0.25) is 5.10 Å². The second kappa shape index (κ2) is 6.31. The van der Waals surface area contributed by atoms with Crippen LogP contribution in [0.2, 0.25) is 0 Å². The lowest BCUT2D eigenvalue weighted by molar-refractivity contribution is 0.669. The van der Waals surface area contributed by atoms with Crippen molar-refractivity contribution >= 4 is 11.8 Å². The number of hydrogen-bond donors (Lipinski definition) is 2. The zero-order valence-corrected chi connectivity index (χ0v) is 10.4. The van der Waals surface area contributed by atoms with E-state index in [1.807, 2.05) is 12.4 Å². The number of aromatic nitrogens is 5. The quantitative estimate of drug-likeness (QED) is 0.593. The molecule has 0 unspecified atom stereocenters. The van der Waals surface area contributed by atoms with Crippen LogP contribution in [-0.4, -0.2) is 31.7 Å². The van der Waals surface area contributed by atoms with Crippen molar-refractivity contribution in [1.82, 2.24) is 30.5 Å². The molecule has 17 heavy (non-hydrogen) atoms. The third kappa shape index (κ3) is 3.79. The summed E-state index contributed by atoms with van der Waals surface area (Å²) in [6, 6.07) is 0. The van der Waals surface area contributed by atoms with E-state index in [4.69, 9.17) is 0 Å². The molecule has 0 saturated carbocycles. The Morgan fingerprint density at radius 2 is 2.12 bits per heavy atom. The Balaban J connectivity index is 1.89. The fourth-order valence-electron chi connectivity index (χ4n) is 1.23.